The first kappa shape index (κ1) is 24.6. The molecule has 3 aliphatic heterocycles. The highest BCUT2D eigenvalue weighted by molar-refractivity contribution is 5.83. The van der Waals surface area contributed by atoms with E-state index in [1.165, 1.54) is 0 Å². The van der Waals surface area contributed by atoms with Crippen LogP contribution >= 0.6 is 0 Å². The number of aryl methyl sites for hydroxylation is 1. The van der Waals surface area contributed by atoms with Crippen molar-refractivity contribution in [3.8, 4) is 11.5 Å². The van der Waals surface area contributed by atoms with Crippen LogP contribution in [0.25, 0.3) is 0 Å². The zero-order valence-corrected chi connectivity index (χ0v) is 21.9. The van der Waals surface area contributed by atoms with E-state index < -0.39 is 0 Å². The average molecular weight is 494 g/mol. The molecular formula is C29H36FN3O3. The lowest BCUT2D eigenvalue weighted by molar-refractivity contribution is 0.0882. The first-order valence-corrected chi connectivity index (χ1v) is 12.8. The Labute approximate surface area is 213 Å². The van der Waals surface area contributed by atoms with Gasteiger partial charge in [-0.15, -0.1) is 0 Å². The van der Waals surface area contributed by atoms with Crippen LogP contribution < -0.4 is 9.47 Å². The van der Waals surface area contributed by atoms with E-state index in [9.17, 15) is 9.18 Å². The number of carbonyl (C=O) groups excluding carboxylic acids is 1. The van der Waals surface area contributed by atoms with Crippen molar-refractivity contribution in [2.75, 3.05) is 33.9 Å². The van der Waals surface area contributed by atoms with Gasteiger partial charge in [0.25, 0.3) is 0 Å². The number of carbonyl (C=O) groups is 1. The van der Waals surface area contributed by atoms with Crippen LogP contribution in [0.5, 0.6) is 11.5 Å². The minimum Gasteiger partial charge on any atom is -0.497 e. The predicted octanol–water partition coefficient (Wildman–Crippen LogP) is 5.44. The Kier molecular flexibility index (Phi) is 6.45. The zero-order valence-electron chi connectivity index (χ0n) is 21.9. The van der Waals surface area contributed by atoms with Crippen molar-refractivity contribution in [3.05, 3.63) is 70.2 Å². The quantitative estimate of drug-likeness (QED) is 0.556. The fourth-order valence-electron chi connectivity index (χ4n) is 6.41. The van der Waals surface area contributed by atoms with Gasteiger partial charge < -0.3 is 14.4 Å². The van der Waals surface area contributed by atoms with Crippen molar-refractivity contribution in [1.82, 2.24) is 14.7 Å². The molecule has 0 aromatic heterocycles. The van der Waals surface area contributed by atoms with Gasteiger partial charge in [0, 0.05) is 55.0 Å². The van der Waals surface area contributed by atoms with E-state index in [4.69, 9.17) is 9.47 Å². The van der Waals surface area contributed by atoms with Crippen molar-refractivity contribution in [3.63, 3.8) is 0 Å². The summed E-state index contributed by atoms with van der Waals surface area (Å²) in [7, 11) is 3.33. The summed E-state index contributed by atoms with van der Waals surface area (Å²) in [6.07, 6.45) is 3.92. The van der Waals surface area contributed by atoms with Gasteiger partial charge in [-0.2, -0.15) is 0 Å². The van der Waals surface area contributed by atoms with Crippen LogP contribution in [0.15, 0.2) is 42.1 Å². The standard InChI is InChI=1S/C29H36FN3O3/c1-6-33-28(34)32-18-22-15-23(35-4)16-25(36-5)27(22)20(3)14-26(32)29(33)9-11-31(12-10-29)17-21-13-19(2)7-8-24(21)30/h7-8,13-16,20H,6,9-12,17-18H2,1-5H3/t20-/m1/s1. The SMILES string of the molecule is CCN1C(=O)N2Cc3cc(OC)cc(OC)c3[C@H](C)C=C2C12CCN(Cc1cc(C)ccc1F)CC2. The molecule has 3 heterocycles. The van der Waals surface area contributed by atoms with Gasteiger partial charge in [0.2, 0.25) is 0 Å². The summed E-state index contributed by atoms with van der Waals surface area (Å²) in [5.74, 6) is 1.45. The van der Waals surface area contributed by atoms with Gasteiger partial charge in [-0.05, 0) is 44.4 Å². The summed E-state index contributed by atoms with van der Waals surface area (Å²) in [5.41, 5.74) is 4.72. The number of hydrogen-bond acceptors (Lipinski definition) is 4. The summed E-state index contributed by atoms with van der Waals surface area (Å²) in [5, 5.41) is 0. The Bertz CT molecular complexity index is 1200. The smallest absolute Gasteiger partial charge is 0.325 e. The third-order valence-electron chi connectivity index (χ3n) is 8.19. The number of hydrogen-bond donors (Lipinski definition) is 0. The van der Waals surface area contributed by atoms with Crippen LogP contribution in [0.4, 0.5) is 9.18 Å². The molecule has 2 aromatic carbocycles. The monoisotopic (exact) mass is 493 g/mol. The van der Waals surface area contributed by atoms with E-state index in [1.807, 2.05) is 36.1 Å². The van der Waals surface area contributed by atoms with Crippen LogP contribution in [0.3, 0.4) is 0 Å². The van der Waals surface area contributed by atoms with E-state index in [1.54, 1.807) is 20.3 Å². The van der Waals surface area contributed by atoms with E-state index in [0.717, 1.165) is 65.4 Å². The van der Waals surface area contributed by atoms with E-state index in [0.29, 0.717) is 19.6 Å². The number of allylic oxidation sites excluding steroid dienone is 1. The molecule has 0 saturated carbocycles. The molecule has 0 bridgehead atoms. The molecule has 2 amide bonds. The lowest BCUT2D eigenvalue weighted by atomic mass is 9.82. The number of likely N-dealkylation sites (N-methyl/N-ethyl adjacent to an activating group) is 1. The third-order valence-corrected chi connectivity index (χ3v) is 8.19. The van der Waals surface area contributed by atoms with Crippen LogP contribution in [-0.2, 0) is 13.1 Å². The number of halogens is 1. The lowest BCUT2D eigenvalue weighted by Gasteiger charge is -2.44. The summed E-state index contributed by atoms with van der Waals surface area (Å²) < 4.78 is 25.7. The van der Waals surface area contributed by atoms with E-state index in [-0.39, 0.29) is 23.3 Å². The number of nitrogens with zero attached hydrogens (tertiary/aromatic N) is 3. The topological polar surface area (TPSA) is 45.3 Å². The maximum atomic E-state index is 14.4. The predicted molar refractivity (Wildman–Crippen MR) is 138 cm³/mol. The molecule has 3 aliphatic rings. The molecule has 0 unspecified atom stereocenters. The van der Waals surface area contributed by atoms with Crippen LogP contribution in [-0.4, -0.2) is 60.1 Å². The molecule has 2 aromatic rings. The number of rotatable bonds is 5. The Morgan fingerprint density at radius 2 is 1.86 bits per heavy atom. The molecular weight excluding hydrogens is 457 g/mol. The number of likely N-dealkylation sites (tertiary alicyclic amines) is 1. The second-order valence-corrected chi connectivity index (χ2v) is 10.3. The largest absolute Gasteiger partial charge is 0.497 e. The van der Waals surface area contributed by atoms with Crippen LogP contribution in [0.2, 0.25) is 0 Å². The van der Waals surface area contributed by atoms with Gasteiger partial charge in [-0.1, -0.05) is 30.7 Å². The summed E-state index contributed by atoms with van der Waals surface area (Å²) in [6, 6.07) is 9.31. The van der Waals surface area contributed by atoms with Gasteiger partial charge in [0.05, 0.1) is 26.3 Å². The van der Waals surface area contributed by atoms with Gasteiger partial charge in [-0.3, -0.25) is 9.80 Å². The summed E-state index contributed by atoms with van der Waals surface area (Å²) >= 11 is 0. The fraction of sp³-hybridized carbons (Fsp3) is 0.483. The molecule has 7 heteroatoms. The highest BCUT2D eigenvalue weighted by Crippen LogP contribution is 2.49. The molecule has 0 aliphatic carbocycles. The molecule has 2 fully saturated rings. The van der Waals surface area contributed by atoms with Gasteiger partial charge in [-0.25, -0.2) is 9.18 Å². The van der Waals surface area contributed by atoms with Crippen molar-refractivity contribution < 1.29 is 18.7 Å². The summed E-state index contributed by atoms with van der Waals surface area (Å²) in [4.78, 5) is 20.1. The molecule has 36 heavy (non-hydrogen) atoms. The molecule has 6 nitrogen and oxygen atoms in total. The van der Waals surface area contributed by atoms with Crippen molar-refractivity contribution in [2.45, 2.75) is 58.2 Å². The Morgan fingerprint density at radius 3 is 2.53 bits per heavy atom. The minimum absolute atomic E-state index is 0.0590. The summed E-state index contributed by atoms with van der Waals surface area (Å²) in [6.45, 7) is 9.58. The highest BCUT2D eigenvalue weighted by atomic mass is 19.1. The number of urea groups is 1. The number of benzene rings is 2. The van der Waals surface area contributed by atoms with Crippen LogP contribution in [0, 0.1) is 12.7 Å². The van der Waals surface area contributed by atoms with Gasteiger partial charge in [0.15, 0.2) is 0 Å². The van der Waals surface area contributed by atoms with Crippen molar-refractivity contribution in [2.24, 2.45) is 0 Å². The second kappa shape index (κ2) is 9.43. The first-order valence-electron chi connectivity index (χ1n) is 12.8. The third kappa shape index (κ3) is 3.94. The van der Waals surface area contributed by atoms with E-state index in [2.05, 4.69) is 29.7 Å². The maximum absolute atomic E-state index is 14.4. The Morgan fingerprint density at radius 1 is 1.11 bits per heavy atom. The lowest BCUT2D eigenvalue weighted by Crippen LogP contribution is -2.53. The fourth-order valence-corrected chi connectivity index (χ4v) is 6.41. The molecule has 1 spiro atoms. The van der Waals surface area contributed by atoms with Gasteiger partial charge >= 0.3 is 6.03 Å². The Balaban J connectivity index is 1.46. The molecule has 0 N–H and O–H groups in total. The number of amides is 2. The molecule has 0 radical (unpaired) electrons. The number of methoxy groups -OCH3 is 2. The van der Waals surface area contributed by atoms with Crippen LogP contribution in [0.1, 0.15) is 54.9 Å². The van der Waals surface area contributed by atoms with E-state index >= 15 is 0 Å². The van der Waals surface area contributed by atoms with Crippen molar-refractivity contribution in [1.29, 1.82) is 0 Å². The van der Waals surface area contributed by atoms with Crippen molar-refractivity contribution >= 4 is 6.03 Å². The molecule has 1 atom stereocenters. The minimum atomic E-state index is -0.346. The molecule has 2 saturated heterocycles. The maximum Gasteiger partial charge on any atom is 0.325 e. The normalized spacial score (nSPS) is 21.2. The van der Waals surface area contributed by atoms with Gasteiger partial charge in [0.1, 0.15) is 17.3 Å². The zero-order chi connectivity index (χ0) is 25.6. The molecule has 5 rings (SSSR count). The second-order valence-electron chi connectivity index (χ2n) is 10.3. The number of ether oxygens (including phenoxy) is 2. The number of piperidine rings is 1. The average Bonchev–Trinajstić information content (AvgIpc) is 2.98. The molecule has 192 valence electrons. The first-order chi connectivity index (χ1) is 17.3. The highest BCUT2D eigenvalue weighted by Gasteiger charge is 2.54. The number of fused-ring (bicyclic) bond motifs is 3. The Hall–Kier alpha value is -3.06.